The summed E-state index contributed by atoms with van der Waals surface area (Å²) >= 11 is 1.72. The van der Waals surface area contributed by atoms with Crippen LogP contribution in [0, 0.1) is 12.8 Å². The monoisotopic (exact) mass is 278 g/mol. The van der Waals surface area contributed by atoms with Gasteiger partial charge in [0.15, 0.2) is 0 Å². The Morgan fingerprint density at radius 3 is 2.74 bits per heavy atom. The molecule has 3 rings (SSSR count). The first kappa shape index (κ1) is 13.1. The molecule has 4 heteroatoms. The molecule has 1 atom stereocenters. The summed E-state index contributed by atoms with van der Waals surface area (Å²) in [6.45, 7) is 7.33. The Morgan fingerprint density at radius 2 is 2.21 bits per heavy atom. The molecule has 1 saturated carbocycles. The van der Waals surface area contributed by atoms with E-state index in [0.29, 0.717) is 11.8 Å². The lowest BCUT2D eigenvalue weighted by Crippen LogP contribution is -2.38. The van der Waals surface area contributed by atoms with E-state index in [0.717, 1.165) is 25.8 Å². The highest BCUT2D eigenvalue weighted by Gasteiger charge is 2.58. The minimum Gasteiger partial charge on any atom is -0.321 e. The van der Waals surface area contributed by atoms with Crippen molar-refractivity contribution in [1.29, 1.82) is 0 Å². The van der Waals surface area contributed by atoms with Gasteiger partial charge in [-0.1, -0.05) is 13.8 Å². The molecule has 104 valence electrons. The molecule has 2 fully saturated rings. The summed E-state index contributed by atoms with van der Waals surface area (Å²) in [6, 6.07) is 0. The quantitative estimate of drug-likeness (QED) is 0.918. The van der Waals surface area contributed by atoms with Gasteiger partial charge >= 0.3 is 0 Å². The van der Waals surface area contributed by atoms with E-state index < -0.39 is 0 Å². The number of carbonyl (C=O) groups excluding carboxylic acids is 1. The largest absolute Gasteiger partial charge is 0.321 e. The van der Waals surface area contributed by atoms with Gasteiger partial charge in [-0.3, -0.25) is 10.1 Å². The summed E-state index contributed by atoms with van der Waals surface area (Å²) in [5.41, 5.74) is 2.41. The fourth-order valence-corrected chi connectivity index (χ4v) is 3.75. The highest BCUT2D eigenvalue weighted by atomic mass is 32.1. The number of amides is 1. The number of rotatable bonds is 4. The fraction of sp³-hybridized carbons (Fsp3) is 0.667. The van der Waals surface area contributed by atoms with Crippen LogP contribution in [0.4, 0.5) is 0 Å². The molecular formula is C15H22N2OS. The topological polar surface area (TPSA) is 32.3 Å². The predicted octanol–water partition coefficient (Wildman–Crippen LogP) is 2.89. The van der Waals surface area contributed by atoms with Crippen molar-refractivity contribution in [2.45, 2.75) is 58.3 Å². The highest BCUT2D eigenvalue weighted by molar-refractivity contribution is 7.08. The Morgan fingerprint density at radius 1 is 1.47 bits per heavy atom. The Kier molecular flexibility index (Phi) is 3.18. The molecule has 0 radical (unpaired) electrons. The smallest absolute Gasteiger partial charge is 0.244 e. The SMILES string of the molecule is Cc1cscc1CN1C(=O)C2(CC2)NC1CC(C)C. The van der Waals surface area contributed by atoms with Gasteiger partial charge in [-0.15, -0.1) is 0 Å². The minimum absolute atomic E-state index is 0.191. The van der Waals surface area contributed by atoms with Gasteiger partial charge in [-0.25, -0.2) is 0 Å². The van der Waals surface area contributed by atoms with Crippen LogP contribution in [-0.2, 0) is 11.3 Å². The fourth-order valence-electron chi connectivity index (χ4n) is 2.91. The van der Waals surface area contributed by atoms with Crippen LogP contribution in [0.5, 0.6) is 0 Å². The molecule has 19 heavy (non-hydrogen) atoms. The zero-order chi connectivity index (χ0) is 13.6. The second kappa shape index (κ2) is 4.60. The average molecular weight is 278 g/mol. The zero-order valence-corrected chi connectivity index (χ0v) is 12.7. The van der Waals surface area contributed by atoms with Crippen LogP contribution in [0.15, 0.2) is 10.8 Å². The molecule has 2 aliphatic rings. The molecule has 1 aliphatic carbocycles. The molecule has 1 aromatic rings. The summed E-state index contributed by atoms with van der Waals surface area (Å²) in [4.78, 5) is 14.7. The van der Waals surface area contributed by atoms with Gasteiger partial charge in [0.05, 0.1) is 11.7 Å². The van der Waals surface area contributed by atoms with Crippen LogP contribution < -0.4 is 5.32 Å². The first-order valence-electron chi connectivity index (χ1n) is 7.12. The number of hydrogen-bond donors (Lipinski definition) is 1. The molecule has 3 nitrogen and oxygen atoms in total. The van der Waals surface area contributed by atoms with Crippen molar-refractivity contribution >= 4 is 17.2 Å². The van der Waals surface area contributed by atoms with Crippen molar-refractivity contribution in [1.82, 2.24) is 10.2 Å². The number of hydrogen-bond acceptors (Lipinski definition) is 3. The summed E-state index contributed by atoms with van der Waals surface area (Å²) in [7, 11) is 0. The van der Waals surface area contributed by atoms with Crippen LogP contribution in [-0.4, -0.2) is 22.5 Å². The second-order valence-corrected chi connectivity index (χ2v) is 7.13. The van der Waals surface area contributed by atoms with Crippen molar-refractivity contribution in [2.24, 2.45) is 5.92 Å². The Bertz CT molecular complexity index is 490. The second-order valence-electron chi connectivity index (χ2n) is 6.38. The molecule has 1 saturated heterocycles. The van der Waals surface area contributed by atoms with Gasteiger partial charge in [0.2, 0.25) is 5.91 Å². The van der Waals surface area contributed by atoms with Crippen molar-refractivity contribution < 1.29 is 4.79 Å². The third-order valence-electron chi connectivity index (χ3n) is 4.24. The van der Waals surface area contributed by atoms with Crippen molar-refractivity contribution in [2.75, 3.05) is 0 Å². The van der Waals surface area contributed by atoms with Crippen LogP contribution >= 0.6 is 11.3 Å². The molecule has 1 amide bonds. The average Bonchev–Trinajstić information content (AvgIpc) is 2.94. The van der Waals surface area contributed by atoms with Crippen molar-refractivity contribution in [3.05, 3.63) is 21.9 Å². The summed E-state index contributed by atoms with van der Waals surface area (Å²) in [5, 5.41) is 7.92. The van der Waals surface area contributed by atoms with E-state index in [1.165, 1.54) is 11.1 Å². The Hall–Kier alpha value is -0.870. The first-order chi connectivity index (χ1) is 9.02. The molecular weight excluding hydrogens is 256 g/mol. The summed E-state index contributed by atoms with van der Waals surface area (Å²) in [6.07, 6.45) is 3.28. The van der Waals surface area contributed by atoms with Crippen LogP contribution in [0.1, 0.15) is 44.2 Å². The molecule has 0 bridgehead atoms. The van der Waals surface area contributed by atoms with Gasteiger partial charge in [0.1, 0.15) is 0 Å². The van der Waals surface area contributed by atoms with Crippen LogP contribution in [0.25, 0.3) is 0 Å². The third-order valence-corrected chi connectivity index (χ3v) is 5.15. The molecule has 2 heterocycles. The lowest BCUT2D eigenvalue weighted by Gasteiger charge is -2.25. The normalized spacial score (nSPS) is 24.7. The zero-order valence-electron chi connectivity index (χ0n) is 11.9. The molecule has 1 aliphatic heterocycles. The number of aryl methyl sites for hydroxylation is 1. The number of thiophene rings is 1. The van der Waals surface area contributed by atoms with Gasteiger partial charge in [-0.2, -0.15) is 11.3 Å². The lowest BCUT2D eigenvalue weighted by atomic mass is 10.1. The van der Waals surface area contributed by atoms with Gasteiger partial charge in [0.25, 0.3) is 0 Å². The van der Waals surface area contributed by atoms with Gasteiger partial charge in [-0.05, 0) is 54.0 Å². The van der Waals surface area contributed by atoms with E-state index in [4.69, 9.17) is 0 Å². The highest BCUT2D eigenvalue weighted by Crippen LogP contribution is 2.43. The maximum atomic E-state index is 12.6. The summed E-state index contributed by atoms with van der Waals surface area (Å²) < 4.78 is 0. The van der Waals surface area contributed by atoms with E-state index in [2.05, 4.69) is 41.7 Å². The van der Waals surface area contributed by atoms with E-state index in [9.17, 15) is 4.79 Å². The van der Waals surface area contributed by atoms with E-state index in [-0.39, 0.29) is 11.7 Å². The lowest BCUT2D eigenvalue weighted by molar-refractivity contribution is -0.131. The van der Waals surface area contributed by atoms with Gasteiger partial charge < -0.3 is 4.90 Å². The molecule has 1 aromatic heterocycles. The maximum absolute atomic E-state index is 12.6. The van der Waals surface area contributed by atoms with Crippen LogP contribution in [0.2, 0.25) is 0 Å². The number of nitrogens with zero attached hydrogens (tertiary/aromatic N) is 1. The number of nitrogens with one attached hydrogen (secondary N) is 1. The van der Waals surface area contributed by atoms with Gasteiger partial charge in [0, 0.05) is 6.54 Å². The molecule has 1 N–H and O–H groups in total. The summed E-state index contributed by atoms with van der Waals surface area (Å²) in [5.74, 6) is 0.925. The van der Waals surface area contributed by atoms with E-state index in [1.54, 1.807) is 11.3 Å². The van der Waals surface area contributed by atoms with Crippen LogP contribution in [0.3, 0.4) is 0 Å². The van der Waals surface area contributed by atoms with E-state index >= 15 is 0 Å². The molecule has 0 aromatic carbocycles. The predicted molar refractivity (Wildman–Crippen MR) is 77.9 cm³/mol. The maximum Gasteiger partial charge on any atom is 0.244 e. The number of carbonyl (C=O) groups is 1. The van der Waals surface area contributed by atoms with E-state index in [1.807, 2.05) is 0 Å². The Balaban J connectivity index is 1.79. The van der Waals surface area contributed by atoms with Crippen molar-refractivity contribution in [3.63, 3.8) is 0 Å². The Labute approximate surface area is 119 Å². The standard InChI is InChI=1S/C15H22N2OS/c1-10(2)6-13-16-15(4-5-15)14(18)17(13)7-12-9-19-8-11(12)3/h8-10,13,16H,4-7H2,1-3H3. The van der Waals surface area contributed by atoms with Crippen molar-refractivity contribution in [3.8, 4) is 0 Å². The molecule has 1 unspecified atom stereocenters. The third kappa shape index (κ3) is 2.32. The first-order valence-corrected chi connectivity index (χ1v) is 8.06. The molecule has 1 spiro atoms. The minimum atomic E-state index is -0.191.